The van der Waals surface area contributed by atoms with Gasteiger partial charge in [0.25, 0.3) is 0 Å². The van der Waals surface area contributed by atoms with Crippen LogP contribution in [0.15, 0.2) is 36.7 Å². The highest BCUT2D eigenvalue weighted by Crippen LogP contribution is 2.49. The van der Waals surface area contributed by atoms with Crippen LogP contribution in [0, 0.1) is 0 Å². The van der Waals surface area contributed by atoms with E-state index in [0.717, 1.165) is 0 Å². The van der Waals surface area contributed by atoms with Crippen LogP contribution in [0.3, 0.4) is 0 Å². The number of nitrogens with zero attached hydrogens (tertiary/aromatic N) is 5. The molecule has 0 saturated carbocycles. The molecule has 1 fully saturated rings. The summed E-state index contributed by atoms with van der Waals surface area (Å²) < 4.78 is 40.5. The molecule has 1 aromatic carbocycles. The number of carbonyl (C=O) groups is 1. The van der Waals surface area contributed by atoms with Crippen LogP contribution in [0.25, 0.3) is 11.2 Å². The number of hydrogen-bond acceptors (Lipinski definition) is 12. The van der Waals surface area contributed by atoms with Gasteiger partial charge in [-0.1, -0.05) is 18.2 Å². The largest absolute Gasteiger partial charge is 0.462 e. The predicted molar refractivity (Wildman–Crippen MR) is 160 cm³/mol. The number of esters is 1. The minimum Gasteiger partial charge on any atom is -0.462 e. The maximum Gasteiger partial charge on any atom is 0.323 e. The van der Waals surface area contributed by atoms with Crippen LogP contribution in [-0.4, -0.2) is 87.2 Å². The Labute approximate surface area is 252 Å². The topological polar surface area (TPSA) is 159 Å². The Hall–Kier alpha value is -2.65. The van der Waals surface area contributed by atoms with E-state index in [2.05, 4.69) is 20.0 Å². The molecule has 6 atom stereocenters. The number of nitrogens with one attached hydrogen (secondary N) is 1. The molecule has 4 rings (SSSR count). The zero-order valence-corrected chi connectivity index (χ0v) is 26.1. The van der Waals surface area contributed by atoms with E-state index in [0.29, 0.717) is 17.1 Å². The maximum absolute atomic E-state index is 15.8. The number of hydrogen-bond donors (Lipinski definition) is 3. The van der Waals surface area contributed by atoms with E-state index in [1.165, 1.54) is 10.9 Å². The lowest BCUT2D eigenvalue weighted by Gasteiger charge is -2.33. The highest BCUT2D eigenvalue weighted by molar-refractivity contribution is 8.09. The number of para-hydroxylation sites is 1. The van der Waals surface area contributed by atoms with Gasteiger partial charge in [0.2, 0.25) is 5.95 Å². The lowest BCUT2D eigenvalue weighted by atomic mass is 9.99. The van der Waals surface area contributed by atoms with Crippen LogP contribution < -0.4 is 20.2 Å². The van der Waals surface area contributed by atoms with Gasteiger partial charge in [0.15, 0.2) is 29.4 Å². The van der Waals surface area contributed by atoms with Crippen LogP contribution in [0.1, 0.15) is 27.0 Å². The van der Waals surface area contributed by atoms with Gasteiger partial charge in [-0.25, -0.2) is 14.5 Å². The summed E-state index contributed by atoms with van der Waals surface area (Å²) in [5, 5.41) is 14.0. The van der Waals surface area contributed by atoms with Crippen molar-refractivity contribution in [2.45, 2.75) is 57.0 Å². The van der Waals surface area contributed by atoms with Gasteiger partial charge in [0, 0.05) is 14.1 Å². The number of aliphatic hydroxyl groups is 1. The van der Waals surface area contributed by atoms with Gasteiger partial charge >= 0.3 is 12.6 Å². The zero-order valence-electron chi connectivity index (χ0n) is 23.7. The molecule has 3 heterocycles. The number of anilines is 2. The Bertz CT molecular complexity index is 1450. The van der Waals surface area contributed by atoms with Crippen LogP contribution in [-0.2, 0) is 30.6 Å². The zero-order chi connectivity index (χ0) is 30.8. The van der Waals surface area contributed by atoms with Gasteiger partial charge in [0.1, 0.15) is 23.5 Å². The first-order valence-electron chi connectivity index (χ1n) is 13.0. The van der Waals surface area contributed by atoms with Gasteiger partial charge in [0.05, 0.1) is 24.9 Å². The third-order valence-electron chi connectivity index (χ3n) is 6.32. The Kier molecular flexibility index (Phi) is 9.93. The third kappa shape index (κ3) is 6.77. The number of imidazole rings is 1. The predicted octanol–water partition coefficient (Wildman–Crippen LogP) is 2.93. The highest BCUT2D eigenvalue weighted by Gasteiger charge is 2.57. The third-order valence-corrected chi connectivity index (χ3v) is 9.25. The molecule has 1 aliphatic heterocycles. The molecule has 13 nitrogen and oxygen atoms in total. The number of nitrogen functional groups attached to an aromatic ring is 1. The molecule has 230 valence electrons. The van der Waals surface area contributed by atoms with E-state index in [1.807, 2.05) is 0 Å². The van der Waals surface area contributed by atoms with Crippen molar-refractivity contribution >= 4 is 58.9 Å². The number of fused-ring (bicyclic) bond motifs is 1. The van der Waals surface area contributed by atoms with Crippen molar-refractivity contribution in [3.63, 3.8) is 0 Å². The fourth-order valence-corrected chi connectivity index (χ4v) is 6.98. The van der Waals surface area contributed by atoms with Crippen molar-refractivity contribution in [1.29, 1.82) is 0 Å². The second-order valence-corrected chi connectivity index (χ2v) is 13.6. The van der Waals surface area contributed by atoms with Gasteiger partial charge in [-0.2, -0.15) is 9.97 Å². The summed E-state index contributed by atoms with van der Waals surface area (Å²) in [6, 6.07) is 7.67. The monoisotopic (exact) mass is 645 g/mol. The van der Waals surface area contributed by atoms with Crippen LogP contribution in [0.5, 0.6) is 5.75 Å². The van der Waals surface area contributed by atoms with E-state index >= 15 is 4.39 Å². The van der Waals surface area contributed by atoms with Crippen molar-refractivity contribution in [1.82, 2.24) is 24.6 Å². The van der Waals surface area contributed by atoms with Crippen molar-refractivity contribution in [3.05, 3.63) is 36.7 Å². The van der Waals surface area contributed by atoms with Gasteiger partial charge < -0.3 is 34.3 Å². The van der Waals surface area contributed by atoms with Gasteiger partial charge in [-0.15, -0.1) is 11.6 Å². The number of aliphatic hydroxyl groups excluding tert-OH is 1. The quantitative estimate of drug-likeness (QED) is 0.150. The Balaban J connectivity index is 1.62. The maximum atomic E-state index is 15.8. The summed E-state index contributed by atoms with van der Waals surface area (Å²) in [7, 11) is 3.51. The molecular weight excluding hydrogens is 612 g/mol. The molecule has 42 heavy (non-hydrogen) atoms. The second kappa shape index (κ2) is 12.9. The molecule has 0 bridgehead atoms. The SMILES string of the molecule is CC(C)OC(=O)[C@H](C)N[P@](=S)(OC[C@@]1(CCl)O[C@@H](n2cnc3c(N(C)C)nc(N)nc32)[C@@H](F)[C@@H]1O)Oc1ccccc1. The van der Waals surface area contributed by atoms with E-state index in [4.69, 9.17) is 47.7 Å². The molecule has 0 radical (unpaired) electrons. The molecule has 1 saturated heterocycles. The molecule has 4 N–H and O–H groups in total. The fourth-order valence-electron chi connectivity index (χ4n) is 4.24. The van der Waals surface area contributed by atoms with Gasteiger partial charge in [-0.3, -0.25) is 9.36 Å². The number of benzene rings is 1. The summed E-state index contributed by atoms with van der Waals surface area (Å²) in [5.41, 5.74) is 4.70. The Morgan fingerprint density at radius 2 is 2.02 bits per heavy atom. The standard InChI is InChI=1S/C25H34ClFN7O6PS/c1-14(2)38-23(36)15(3)32-41(42,40-16-9-7-6-8-10-16)37-12-25(11-26)19(35)17(27)22(39-25)34-13-29-18-20(33(4)5)30-24(28)31-21(18)34/h6-10,13-15,17,19,22,35H,11-12H2,1-5H3,(H,32,42)(H2,28,30,31)/t15-,17-,19-,22+,25+,41-/m0/s1. The van der Waals surface area contributed by atoms with E-state index < -0.39 is 49.4 Å². The first-order valence-corrected chi connectivity index (χ1v) is 16.2. The van der Waals surface area contributed by atoms with E-state index in [1.54, 1.807) is 70.1 Å². The normalized spacial score (nSPS) is 24.5. The number of ether oxygens (including phenoxy) is 2. The van der Waals surface area contributed by atoms with Gasteiger partial charge in [-0.05, 0) is 44.7 Å². The lowest BCUT2D eigenvalue weighted by Crippen LogP contribution is -2.48. The first-order chi connectivity index (χ1) is 19.8. The van der Waals surface area contributed by atoms with Crippen molar-refractivity contribution in [2.24, 2.45) is 0 Å². The molecule has 0 amide bonds. The minimum atomic E-state index is -3.54. The van der Waals surface area contributed by atoms with Crippen LogP contribution >= 0.6 is 18.2 Å². The Morgan fingerprint density at radius 3 is 2.64 bits per heavy atom. The number of carbonyl (C=O) groups excluding carboxylic acids is 1. The van der Waals surface area contributed by atoms with Crippen molar-refractivity contribution < 1.29 is 32.8 Å². The number of aromatic nitrogens is 4. The smallest absolute Gasteiger partial charge is 0.323 e. The summed E-state index contributed by atoms with van der Waals surface area (Å²) in [6.07, 6.45) is -4.13. The number of rotatable bonds is 12. The molecule has 1 aliphatic rings. The molecule has 17 heteroatoms. The number of nitrogens with two attached hydrogens (primary N) is 1. The molecule has 0 aliphatic carbocycles. The first kappa shape index (κ1) is 32.3. The summed E-state index contributed by atoms with van der Waals surface area (Å²) in [5.74, 6) is -0.205. The highest BCUT2D eigenvalue weighted by atomic mass is 35.5. The minimum absolute atomic E-state index is 0.0521. The average Bonchev–Trinajstić information content (AvgIpc) is 3.45. The molecular formula is C25H34ClFN7O6PS. The summed E-state index contributed by atoms with van der Waals surface area (Å²) in [4.78, 5) is 27.0. The lowest BCUT2D eigenvalue weighted by molar-refractivity contribution is -0.149. The molecule has 0 spiro atoms. The second-order valence-electron chi connectivity index (χ2n) is 10.2. The van der Waals surface area contributed by atoms with Crippen LogP contribution in [0.4, 0.5) is 16.2 Å². The van der Waals surface area contributed by atoms with E-state index in [-0.39, 0.29) is 23.6 Å². The van der Waals surface area contributed by atoms with Crippen molar-refractivity contribution in [3.8, 4) is 5.75 Å². The number of halogens is 2. The Morgan fingerprint density at radius 1 is 1.33 bits per heavy atom. The molecule has 0 unspecified atom stereocenters. The summed E-state index contributed by atoms with van der Waals surface area (Å²) in [6.45, 7) is 0.961. The van der Waals surface area contributed by atoms with E-state index in [9.17, 15) is 9.90 Å². The average molecular weight is 646 g/mol. The van der Waals surface area contributed by atoms with Crippen LogP contribution in [0.2, 0.25) is 0 Å². The molecule has 3 aromatic rings. The number of alkyl halides is 2. The van der Waals surface area contributed by atoms with Crippen molar-refractivity contribution in [2.75, 3.05) is 37.2 Å². The fraction of sp³-hybridized carbons (Fsp3) is 0.520. The molecule has 2 aromatic heterocycles. The summed E-state index contributed by atoms with van der Waals surface area (Å²) >= 11 is 12.0.